The van der Waals surface area contributed by atoms with Gasteiger partial charge >= 0.3 is 0 Å². The largest absolute Gasteiger partial charge is 0.493 e. The SMILES string of the molecule is COc1ccc(CCNC(=O)CNC(=O)c2ccc(F)c(F)c2F)cc1OC. The third-order valence-corrected chi connectivity index (χ3v) is 3.87. The van der Waals surface area contributed by atoms with Gasteiger partial charge in [-0.25, -0.2) is 13.2 Å². The number of hydrogen-bond donors (Lipinski definition) is 2. The summed E-state index contributed by atoms with van der Waals surface area (Å²) in [6, 6.07) is 6.78. The lowest BCUT2D eigenvalue weighted by atomic mass is 10.1. The fourth-order valence-corrected chi connectivity index (χ4v) is 2.40. The normalized spacial score (nSPS) is 10.3. The van der Waals surface area contributed by atoms with E-state index < -0.39 is 41.4 Å². The van der Waals surface area contributed by atoms with E-state index in [1.54, 1.807) is 12.1 Å². The first-order chi connectivity index (χ1) is 13.4. The van der Waals surface area contributed by atoms with Crippen molar-refractivity contribution in [2.45, 2.75) is 6.42 Å². The number of carbonyl (C=O) groups excluding carboxylic acids is 2. The highest BCUT2D eigenvalue weighted by atomic mass is 19.2. The highest BCUT2D eigenvalue weighted by molar-refractivity contribution is 5.96. The van der Waals surface area contributed by atoms with Gasteiger partial charge in [-0.15, -0.1) is 0 Å². The minimum Gasteiger partial charge on any atom is -0.493 e. The van der Waals surface area contributed by atoms with E-state index in [4.69, 9.17) is 9.47 Å². The minimum absolute atomic E-state index is 0.281. The zero-order chi connectivity index (χ0) is 20.7. The molecule has 0 spiro atoms. The standard InChI is InChI=1S/C19H19F3N2O4/c1-27-14-6-3-11(9-15(14)28-2)7-8-23-16(25)10-24-19(26)12-4-5-13(20)18(22)17(12)21/h3-6,9H,7-8,10H2,1-2H3,(H,23,25)(H,24,26). The summed E-state index contributed by atoms with van der Waals surface area (Å²) in [6.07, 6.45) is 0.498. The summed E-state index contributed by atoms with van der Waals surface area (Å²) in [5.41, 5.74) is 0.211. The van der Waals surface area contributed by atoms with Crippen LogP contribution >= 0.6 is 0 Å². The predicted molar refractivity (Wildman–Crippen MR) is 94.9 cm³/mol. The molecule has 0 aromatic heterocycles. The molecule has 28 heavy (non-hydrogen) atoms. The van der Waals surface area contributed by atoms with Gasteiger partial charge in [0.05, 0.1) is 26.3 Å². The molecule has 0 heterocycles. The fourth-order valence-electron chi connectivity index (χ4n) is 2.40. The fraction of sp³-hybridized carbons (Fsp3) is 0.263. The van der Waals surface area contributed by atoms with Crippen LogP contribution in [0.4, 0.5) is 13.2 Å². The molecule has 2 N–H and O–H groups in total. The summed E-state index contributed by atoms with van der Waals surface area (Å²) in [7, 11) is 3.04. The molecule has 150 valence electrons. The zero-order valence-corrected chi connectivity index (χ0v) is 15.3. The number of methoxy groups -OCH3 is 2. The van der Waals surface area contributed by atoms with Gasteiger partial charge in [0.2, 0.25) is 5.91 Å². The monoisotopic (exact) mass is 396 g/mol. The smallest absolute Gasteiger partial charge is 0.254 e. The Morgan fingerprint density at radius 3 is 2.32 bits per heavy atom. The summed E-state index contributed by atoms with van der Waals surface area (Å²) in [6.45, 7) is -0.160. The van der Waals surface area contributed by atoms with Crippen LogP contribution in [0.25, 0.3) is 0 Å². The Hall–Kier alpha value is -3.23. The molecule has 2 rings (SSSR count). The van der Waals surface area contributed by atoms with Gasteiger partial charge < -0.3 is 20.1 Å². The maximum Gasteiger partial charge on any atom is 0.254 e. The van der Waals surface area contributed by atoms with Gasteiger partial charge in [-0.2, -0.15) is 0 Å². The number of carbonyl (C=O) groups is 2. The highest BCUT2D eigenvalue weighted by Crippen LogP contribution is 2.27. The lowest BCUT2D eigenvalue weighted by Crippen LogP contribution is -2.38. The molecule has 0 aliphatic carbocycles. The van der Waals surface area contributed by atoms with Crippen LogP contribution < -0.4 is 20.1 Å². The quantitative estimate of drug-likeness (QED) is 0.671. The molecule has 0 atom stereocenters. The Morgan fingerprint density at radius 1 is 0.929 bits per heavy atom. The van der Waals surface area contributed by atoms with E-state index >= 15 is 0 Å². The van der Waals surface area contributed by atoms with Crippen molar-refractivity contribution in [3.05, 3.63) is 58.9 Å². The van der Waals surface area contributed by atoms with E-state index in [0.717, 1.165) is 11.6 Å². The Bertz CT molecular complexity index is 874. The maximum atomic E-state index is 13.5. The molecule has 2 aromatic carbocycles. The Labute approximate surface area is 159 Å². The molecule has 0 aliphatic rings. The van der Waals surface area contributed by atoms with Crippen molar-refractivity contribution in [1.82, 2.24) is 10.6 Å². The Balaban J connectivity index is 1.82. The molecule has 0 aliphatic heterocycles. The van der Waals surface area contributed by atoms with Gasteiger partial charge in [-0.05, 0) is 36.2 Å². The van der Waals surface area contributed by atoms with Gasteiger partial charge in [0.15, 0.2) is 29.0 Å². The second-order valence-electron chi connectivity index (χ2n) is 5.69. The second-order valence-corrected chi connectivity index (χ2v) is 5.69. The van der Waals surface area contributed by atoms with Crippen LogP contribution in [-0.2, 0) is 11.2 Å². The number of hydrogen-bond acceptors (Lipinski definition) is 4. The van der Waals surface area contributed by atoms with Crippen molar-refractivity contribution >= 4 is 11.8 Å². The third kappa shape index (κ3) is 5.15. The highest BCUT2D eigenvalue weighted by Gasteiger charge is 2.19. The van der Waals surface area contributed by atoms with Crippen molar-refractivity contribution in [3.63, 3.8) is 0 Å². The molecule has 2 amide bonds. The molecule has 0 saturated carbocycles. The summed E-state index contributed by atoms with van der Waals surface area (Å²) < 4.78 is 49.9. The van der Waals surface area contributed by atoms with Crippen LogP contribution in [0.5, 0.6) is 11.5 Å². The number of halogens is 3. The van der Waals surface area contributed by atoms with Gasteiger partial charge in [0, 0.05) is 6.54 Å². The molecule has 6 nitrogen and oxygen atoms in total. The van der Waals surface area contributed by atoms with Crippen molar-refractivity contribution in [2.75, 3.05) is 27.3 Å². The van der Waals surface area contributed by atoms with Crippen molar-refractivity contribution < 1.29 is 32.2 Å². The van der Waals surface area contributed by atoms with E-state index in [9.17, 15) is 22.8 Å². The average molecular weight is 396 g/mol. The number of ether oxygens (including phenoxy) is 2. The van der Waals surface area contributed by atoms with Crippen LogP contribution in [0.3, 0.4) is 0 Å². The lowest BCUT2D eigenvalue weighted by Gasteiger charge is -2.10. The third-order valence-electron chi connectivity index (χ3n) is 3.87. The number of nitrogens with one attached hydrogen (secondary N) is 2. The van der Waals surface area contributed by atoms with E-state index in [1.807, 2.05) is 6.07 Å². The van der Waals surface area contributed by atoms with Crippen molar-refractivity contribution in [1.29, 1.82) is 0 Å². The molecule has 0 saturated heterocycles. The number of rotatable bonds is 8. The van der Waals surface area contributed by atoms with Crippen LogP contribution in [0.15, 0.2) is 30.3 Å². The molecular weight excluding hydrogens is 377 g/mol. The van der Waals surface area contributed by atoms with E-state index in [-0.39, 0.29) is 6.54 Å². The van der Waals surface area contributed by atoms with Crippen LogP contribution in [0, 0.1) is 17.5 Å². The maximum absolute atomic E-state index is 13.5. The summed E-state index contributed by atoms with van der Waals surface area (Å²) >= 11 is 0. The molecule has 0 unspecified atom stereocenters. The van der Waals surface area contributed by atoms with Gasteiger partial charge in [-0.3, -0.25) is 9.59 Å². The topological polar surface area (TPSA) is 76.7 Å². The van der Waals surface area contributed by atoms with Gasteiger partial charge in [0.25, 0.3) is 5.91 Å². The molecule has 0 fully saturated rings. The zero-order valence-electron chi connectivity index (χ0n) is 15.3. The number of amides is 2. The molecule has 9 heteroatoms. The Morgan fingerprint density at radius 2 is 1.64 bits per heavy atom. The van der Waals surface area contributed by atoms with Gasteiger partial charge in [0.1, 0.15) is 0 Å². The predicted octanol–water partition coefficient (Wildman–Crippen LogP) is 2.21. The molecule has 0 bridgehead atoms. The summed E-state index contributed by atoms with van der Waals surface area (Å²) in [4.78, 5) is 23.6. The van der Waals surface area contributed by atoms with Crippen LogP contribution in [0.1, 0.15) is 15.9 Å². The first kappa shape index (κ1) is 21.1. The Kier molecular flexibility index (Phi) is 7.25. The first-order valence-corrected chi connectivity index (χ1v) is 8.26. The van der Waals surface area contributed by atoms with Crippen LogP contribution in [0.2, 0.25) is 0 Å². The average Bonchev–Trinajstić information content (AvgIpc) is 2.70. The molecule has 2 aromatic rings. The molecular formula is C19H19F3N2O4. The van der Waals surface area contributed by atoms with E-state index in [0.29, 0.717) is 24.0 Å². The first-order valence-electron chi connectivity index (χ1n) is 8.26. The summed E-state index contributed by atoms with van der Waals surface area (Å²) in [5, 5.41) is 4.74. The van der Waals surface area contributed by atoms with Crippen molar-refractivity contribution in [2.24, 2.45) is 0 Å². The van der Waals surface area contributed by atoms with E-state index in [2.05, 4.69) is 10.6 Å². The second kappa shape index (κ2) is 9.63. The van der Waals surface area contributed by atoms with Crippen molar-refractivity contribution in [3.8, 4) is 11.5 Å². The van der Waals surface area contributed by atoms with Crippen LogP contribution in [-0.4, -0.2) is 39.1 Å². The summed E-state index contributed by atoms with van der Waals surface area (Å²) in [5.74, 6) is -5.14. The van der Waals surface area contributed by atoms with Gasteiger partial charge in [-0.1, -0.05) is 6.07 Å². The lowest BCUT2D eigenvalue weighted by molar-refractivity contribution is -0.120. The molecule has 0 radical (unpaired) electrons. The van der Waals surface area contributed by atoms with E-state index in [1.165, 1.54) is 14.2 Å². The minimum atomic E-state index is -1.74. The number of benzene rings is 2.